The molecule has 0 amide bonds. The summed E-state index contributed by atoms with van der Waals surface area (Å²) in [6.07, 6.45) is 0. The van der Waals surface area contributed by atoms with Crippen molar-refractivity contribution in [2.75, 3.05) is 5.33 Å². The van der Waals surface area contributed by atoms with Crippen molar-refractivity contribution in [2.24, 2.45) is 0 Å². The first-order valence-corrected chi connectivity index (χ1v) is 6.08. The SMILES string of the molecule is N#Cc1c(F)cccc1C(=O)C(Br)CBr. The van der Waals surface area contributed by atoms with Crippen LogP contribution >= 0.6 is 31.9 Å². The van der Waals surface area contributed by atoms with Crippen molar-refractivity contribution < 1.29 is 9.18 Å². The zero-order valence-corrected chi connectivity index (χ0v) is 10.7. The molecule has 1 unspecified atom stereocenters. The first kappa shape index (κ1) is 12.3. The number of halogens is 3. The molecule has 0 spiro atoms. The molecule has 15 heavy (non-hydrogen) atoms. The number of ketones is 1. The highest BCUT2D eigenvalue weighted by Gasteiger charge is 2.20. The van der Waals surface area contributed by atoms with Crippen molar-refractivity contribution in [3.8, 4) is 6.07 Å². The molecule has 78 valence electrons. The van der Waals surface area contributed by atoms with Gasteiger partial charge in [0.2, 0.25) is 0 Å². The molecule has 0 heterocycles. The lowest BCUT2D eigenvalue weighted by atomic mass is 10.0. The second-order valence-electron chi connectivity index (χ2n) is 2.76. The quantitative estimate of drug-likeness (QED) is 0.629. The molecule has 0 N–H and O–H groups in total. The summed E-state index contributed by atoms with van der Waals surface area (Å²) in [4.78, 5) is 11.3. The first-order chi connectivity index (χ1) is 7.11. The molecule has 0 bridgehead atoms. The summed E-state index contributed by atoms with van der Waals surface area (Å²) in [5, 5.41) is 9.14. The van der Waals surface area contributed by atoms with E-state index in [4.69, 9.17) is 5.26 Å². The molecular formula is C10H6Br2FNO. The maximum Gasteiger partial charge on any atom is 0.178 e. The summed E-state index contributed by atoms with van der Waals surface area (Å²) >= 11 is 6.27. The molecule has 1 rings (SSSR count). The van der Waals surface area contributed by atoms with Gasteiger partial charge in [-0.2, -0.15) is 5.26 Å². The van der Waals surface area contributed by atoms with Gasteiger partial charge in [0, 0.05) is 10.9 Å². The molecule has 2 nitrogen and oxygen atoms in total. The summed E-state index contributed by atoms with van der Waals surface area (Å²) in [7, 11) is 0. The topological polar surface area (TPSA) is 40.9 Å². The Hall–Kier alpha value is -0.730. The largest absolute Gasteiger partial charge is 0.293 e. The highest BCUT2D eigenvalue weighted by atomic mass is 79.9. The predicted molar refractivity (Wildman–Crippen MR) is 62.0 cm³/mol. The van der Waals surface area contributed by atoms with Crippen molar-refractivity contribution in [1.82, 2.24) is 0 Å². The van der Waals surface area contributed by atoms with Crippen LogP contribution in [0.4, 0.5) is 4.39 Å². The predicted octanol–water partition coefficient (Wildman–Crippen LogP) is 3.04. The summed E-state index contributed by atoms with van der Waals surface area (Å²) in [6.45, 7) is 0. The number of hydrogen-bond acceptors (Lipinski definition) is 2. The van der Waals surface area contributed by atoms with Crippen LogP contribution in [0.3, 0.4) is 0 Å². The first-order valence-electron chi connectivity index (χ1n) is 4.04. The van der Waals surface area contributed by atoms with Crippen molar-refractivity contribution in [1.29, 1.82) is 5.26 Å². The Morgan fingerprint density at radius 1 is 1.60 bits per heavy atom. The van der Waals surface area contributed by atoms with E-state index >= 15 is 0 Å². The Kier molecular flexibility index (Phi) is 4.43. The van der Waals surface area contributed by atoms with Crippen molar-refractivity contribution in [3.63, 3.8) is 0 Å². The molecule has 0 aromatic heterocycles. The minimum absolute atomic E-state index is 0.110. The van der Waals surface area contributed by atoms with Crippen LogP contribution in [-0.4, -0.2) is 15.9 Å². The van der Waals surface area contributed by atoms with Crippen LogP contribution in [0.25, 0.3) is 0 Å². The number of carbonyl (C=O) groups excluding carboxylic acids is 1. The molecule has 5 heteroatoms. The van der Waals surface area contributed by atoms with E-state index in [2.05, 4.69) is 31.9 Å². The van der Waals surface area contributed by atoms with Gasteiger partial charge >= 0.3 is 0 Å². The van der Waals surface area contributed by atoms with Gasteiger partial charge in [0.25, 0.3) is 0 Å². The second kappa shape index (κ2) is 5.38. The molecule has 1 atom stereocenters. The van der Waals surface area contributed by atoms with Crippen LogP contribution in [0, 0.1) is 17.1 Å². The minimum atomic E-state index is -0.669. The molecule has 0 aliphatic rings. The number of rotatable bonds is 3. The molecule has 0 aliphatic heterocycles. The van der Waals surface area contributed by atoms with Gasteiger partial charge < -0.3 is 0 Å². The van der Waals surface area contributed by atoms with Gasteiger partial charge in [0.05, 0.1) is 10.4 Å². The molecule has 0 radical (unpaired) electrons. The summed E-state index contributed by atoms with van der Waals surface area (Å²) in [6, 6.07) is 5.71. The zero-order valence-electron chi connectivity index (χ0n) is 7.51. The monoisotopic (exact) mass is 333 g/mol. The van der Waals surface area contributed by atoms with E-state index in [1.54, 1.807) is 6.07 Å². The zero-order chi connectivity index (χ0) is 11.4. The van der Waals surface area contributed by atoms with Gasteiger partial charge in [-0.3, -0.25) is 4.79 Å². The average molecular weight is 335 g/mol. The average Bonchev–Trinajstić information content (AvgIpc) is 2.26. The number of nitrogens with zero attached hydrogens (tertiary/aromatic N) is 1. The Labute approximate surface area is 103 Å². The Morgan fingerprint density at radius 3 is 2.80 bits per heavy atom. The molecular weight excluding hydrogens is 329 g/mol. The van der Waals surface area contributed by atoms with Crippen LogP contribution in [0.1, 0.15) is 15.9 Å². The number of nitriles is 1. The van der Waals surface area contributed by atoms with Gasteiger partial charge in [0.15, 0.2) is 5.78 Å². The standard InChI is InChI=1S/C10H6Br2FNO/c11-4-8(12)10(15)6-2-1-3-9(13)7(6)5-14/h1-3,8H,4H2. The number of hydrogen-bond donors (Lipinski definition) is 0. The number of Topliss-reactive ketones (excluding diaryl/α,β-unsaturated/α-hetero) is 1. The van der Waals surface area contributed by atoms with E-state index in [0.29, 0.717) is 5.33 Å². The molecule has 0 saturated heterocycles. The Balaban J connectivity index is 3.21. The van der Waals surface area contributed by atoms with Crippen LogP contribution in [-0.2, 0) is 0 Å². The van der Waals surface area contributed by atoms with Gasteiger partial charge in [-0.05, 0) is 12.1 Å². The fourth-order valence-electron chi connectivity index (χ4n) is 1.08. The van der Waals surface area contributed by atoms with E-state index in [9.17, 15) is 9.18 Å². The molecule has 0 saturated carbocycles. The van der Waals surface area contributed by atoms with Gasteiger partial charge in [-0.15, -0.1) is 0 Å². The lowest BCUT2D eigenvalue weighted by Gasteiger charge is -2.06. The third-order valence-electron chi connectivity index (χ3n) is 1.81. The second-order valence-corrected chi connectivity index (χ2v) is 4.51. The maximum atomic E-state index is 13.2. The summed E-state index contributed by atoms with van der Waals surface area (Å²) < 4.78 is 13.2. The van der Waals surface area contributed by atoms with E-state index in [-0.39, 0.29) is 16.9 Å². The Bertz CT molecular complexity index is 428. The van der Waals surface area contributed by atoms with Crippen LogP contribution in [0.5, 0.6) is 0 Å². The number of carbonyl (C=O) groups is 1. The summed E-state index contributed by atoms with van der Waals surface area (Å²) in [5.41, 5.74) is -0.0910. The van der Waals surface area contributed by atoms with Crippen molar-refractivity contribution in [3.05, 3.63) is 35.1 Å². The number of benzene rings is 1. The third kappa shape index (κ3) is 2.64. The molecule has 0 aliphatic carbocycles. The van der Waals surface area contributed by atoms with Crippen molar-refractivity contribution in [2.45, 2.75) is 4.83 Å². The van der Waals surface area contributed by atoms with Gasteiger partial charge in [0.1, 0.15) is 11.9 Å². The van der Waals surface area contributed by atoms with Gasteiger partial charge in [-0.1, -0.05) is 37.9 Å². The lowest BCUT2D eigenvalue weighted by molar-refractivity contribution is 0.0996. The molecule has 1 aromatic rings. The van der Waals surface area contributed by atoms with Gasteiger partial charge in [-0.25, -0.2) is 4.39 Å². The van der Waals surface area contributed by atoms with Crippen LogP contribution < -0.4 is 0 Å². The maximum absolute atomic E-state index is 13.2. The molecule has 0 fully saturated rings. The third-order valence-corrected chi connectivity index (χ3v) is 4.07. The lowest BCUT2D eigenvalue weighted by Crippen LogP contribution is -2.17. The van der Waals surface area contributed by atoms with Crippen molar-refractivity contribution >= 4 is 37.6 Å². The Morgan fingerprint density at radius 2 is 2.27 bits per heavy atom. The number of alkyl halides is 2. The fraction of sp³-hybridized carbons (Fsp3) is 0.200. The van der Waals surface area contributed by atoms with E-state index < -0.39 is 10.6 Å². The highest BCUT2D eigenvalue weighted by molar-refractivity contribution is 9.12. The minimum Gasteiger partial charge on any atom is -0.293 e. The normalized spacial score (nSPS) is 11.9. The van der Waals surface area contributed by atoms with Crippen LogP contribution in [0.2, 0.25) is 0 Å². The summed E-state index contributed by atoms with van der Waals surface area (Å²) in [5.74, 6) is -0.972. The van der Waals surface area contributed by atoms with E-state index in [1.165, 1.54) is 12.1 Å². The smallest absolute Gasteiger partial charge is 0.178 e. The fourth-order valence-corrected chi connectivity index (χ4v) is 1.62. The van der Waals surface area contributed by atoms with Crippen LogP contribution in [0.15, 0.2) is 18.2 Å². The van der Waals surface area contributed by atoms with E-state index in [1.807, 2.05) is 0 Å². The van der Waals surface area contributed by atoms with E-state index in [0.717, 1.165) is 6.07 Å². The highest BCUT2D eigenvalue weighted by Crippen LogP contribution is 2.18. The molecule has 1 aromatic carbocycles.